The van der Waals surface area contributed by atoms with Crippen molar-refractivity contribution in [2.75, 3.05) is 51.9 Å². The first kappa shape index (κ1) is 30.9. The molecule has 0 saturated carbocycles. The van der Waals surface area contributed by atoms with Gasteiger partial charge in [-0.1, -0.05) is 0 Å². The van der Waals surface area contributed by atoms with Crippen molar-refractivity contribution in [3.05, 3.63) is 88.7 Å². The molecule has 0 bridgehead atoms. The zero-order valence-electron chi connectivity index (χ0n) is 25.7. The second kappa shape index (κ2) is 13.5. The molecular formula is C33H34FN5O7. The number of benzene rings is 2. The Morgan fingerprint density at radius 3 is 2.63 bits per heavy atom. The molecule has 13 heteroatoms. The van der Waals surface area contributed by atoms with E-state index < -0.39 is 17.4 Å². The number of carbonyl (C=O) groups is 1. The maximum absolute atomic E-state index is 15.3. The number of hydrogen-bond acceptors (Lipinski definition) is 9. The highest BCUT2D eigenvalue weighted by Gasteiger charge is 2.23. The first-order chi connectivity index (χ1) is 22.3. The van der Waals surface area contributed by atoms with E-state index in [9.17, 15) is 9.59 Å². The van der Waals surface area contributed by atoms with E-state index in [0.29, 0.717) is 40.5 Å². The molecule has 1 fully saturated rings. The smallest absolute Gasteiger partial charge is 0.335 e. The van der Waals surface area contributed by atoms with Crippen molar-refractivity contribution in [1.82, 2.24) is 19.0 Å². The standard InChI is InChI=1S/C33H34FN5O7/c1-21-31(37(2)33(41)39(21)30-6-4-14-45-30)32(40)36-22-7-8-27(24(34)18-22)46-26-9-10-35-25-20-29(28(42-3)19-23(25)26)44-15-5-11-38-12-16-43-17-13-38/h4,6-10,14,18-20H,5,11-13,15-17H2,1-3H3,(H,36,40). The first-order valence-corrected chi connectivity index (χ1v) is 14.8. The molecule has 0 unspecified atom stereocenters. The Morgan fingerprint density at radius 1 is 1.07 bits per heavy atom. The summed E-state index contributed by atoms with van der Waals surface area (Å²) in [7, 11) is 3.04. The normalized spacial score (nSPS) is 13.6. The van der Waals surface area contributed by atoms with Gasteiger partial charge < -0.3 is 28.7 Å². The number of nitrogens with one attached hydrogen (secondary N) is 1. The molecule has 5 aromatic rings. The van der Waals surface area contributed by atoms with Crippen molar-refractivity contribution < 1.29 is 32.5 Å². The molecule has 0 atom stereocenters. The van der Waals surface area contributed by atoms with Crippen LogP contribution < -0.4 is 25.2 Å². The van der Waals surface area contributed by atoms with Gasteiger partial charge in [-0.05, 0) is 43.7 Å². The first-order valence-electron chi connectivity index (χ1n) is 14.8. The number of fused-ring (bicyclic) bond motifs is 1. The number of ether oxygens (including phenoxy) is 4. The molecule has 1 amide bonds. The molecule has 2 aromatic carbocycles. The van der Waals surface area contributed by atoms with Gasteiger partial charge in [0.2, 0.25) is 5.88 Å². The zero-order chi connectivity index (χ0) is 32.2. The average molecular weight is 632 g/mol. The lowest BCUT2D eigenvalue weighted by atomic mass is 10.1. The molecular weight excluding hydrogens is 597 g/mol. The summed E-state index contributed by atoms with van der Waals surface area (Å²) in [5, 5.41) is 3.27. The third-order valence-electron chi connectivity index (χ3n) is 7.81. The maximum Gasteiger partial charge on any atom is 0.335 e. The van der Waals surface area contributed by atoms with Crippen LogP contribution in [-0.4, -0.2) is 71.5 Å². The van der Waals surface area contributed by atoms with Gasteiger partial charge in [0.25, 0.3) is 5.91 Å². The number of anilines is 1. The number of carbonyl (C=O) groups excluding carboxylic acids is 1. The summed E-state index contributed by atoms with van der Waals surface area (Å²) in [5.74, 6) is 0.369. The molecule has 4 heterocycles. The largest absolute Gasteiger partial charge is 0.493 e. The highest BCUT2D eigenvalue weighted by atomic mass is 19.1. The number of amides is 1. The Bertz CT molecular complexity index is 1910. The van der Waals surface area contributed by atoms with Gasteiger partial charge in [0, 0.05) is 62.2 Å². The molecule has 1 N–H and O–H groups in total. The minimum absolute atomic E-state index is 0.0551. The van der Waals surface area contributed by atoms with Gasteiger partial charge in [0.15, 0.2) is 23.1 Å². The van der Waals surface area contributed by atoms with Crippen LogP contribution in [0.5, 0.6) is 23.0 Å². The maximum atomic E-state index is 15.3. The third kappa shape index (κ3) is 6.32. The number of morpholine rings is 1. The summed E-state index contributed by atoms with van der Waals surface area (Å²) in [5.41, 5.74) is 0.815. The van der Waals surface area contributed by atoms with Gasteiger partial charge in [0.05, 0.1) is 44.4 Å². The fourth-order valence-electron chi connectivity index (χ4n) is 5.47. The van der Waals surface area contributed by atoms with Gasteiger partial charge in [-0.15, -0.1) is 0 Å². The van der Waals surface area contributed by atoms with E-state index in [-0.39, 0.29) is 23.0 Å². The Labute approximate surface area is 263 Å². The number of pyridine rings is 1. The van der Waals surface area contributed by atoms with E-state index in [1.54, 1.807) is 50.6 Å². The lowest BCUT2D eigenvalue weighted by molar-refractivity contribution is 0.0357. The quantitative estimate of drug-likeness (QED) is 0.203. The summed E-state index contributed by atoms with van der Waals surface area (Å²) in [6.07, 6.45) is 3.86. The number of aromatic nitrogens is 3. The fraction of sp³-hybridized carbons (Fsp3) is 0.303. The summed E-state index contributed by atoms with van der Waals surface area (Å²) in [6.45, 7) is 6.42. The van der Waals surface area contributed by atoms with E-state index in [4.69, 9.17) is 23.4 Å². The van der Waals surface area contributed by atoms with Crippen LogP contribution in [0.1, 0.15) is 22.6 Å². The second-order valence-corrected chi connectivity index (χ2v) is 10.7. The van der Waals surface area contributed by atoms with Crippen LogP contribution >= 0.6 is 0 Å². The van der Waals surface area contributed by atoms with Gasteiger partial charge in [0.1, 0.15) is 11.4 Å². The predicted molar refractivity (Wildman–Crippen MR) is 168 cm³/mol. The van der Waals surface area contributed by atoms with Gasteiger partial charge in [-0.2, -0.15) is 0 Å². The number of halogens is 1. The van der Waals surface area contributed by atoms with Crippen LogP contribution in [0.3, 0.4) is 0 Å². The van der Waals surface area contributed by atoms with Crippen LogP contribution in [-0.2, 0) is 11.8 Å². The van der Waals surface area contributed by atoms with Crippen molar-refractivity contribution in [3.8, 4) is 28.9 Å². The Kier molecular flexibility index (Phi) is 9.04. The van der Waals surface area contributed by atoms with Crippen molar-refractivity contribution >= 4 is 22.5 Å². The molecule has 0 aliphatic carbocycles. The minimum atomic E-state index is -0.700. The second-order valence-electron chi connectivity index (χ2n) is 10.7. The van der Waals surface area contributed by atoms with E-state index >= 15 is 4.39 Å². The van der Waals surface area contributed by atoms with Crippen LogP contribution in [0.2, 0.25) is 0 Å². The highest BCUT2D eigenvalue weighted by Crippen LogP contribution is 2.38. The van der Waals surface area contributed by atoms with Gasteiger partial charge in [-0.3, -0.25) is 19.2 Å². The summed E-state index contributed by atoms with van der Waals surface area (Å²) in [6, 6.07) is 12.5. The fourth-order valence-corrected chi connectivity index (χ4v) is 5.47. The lowest BCUT2D eigenvalue weighted by Crippen LogP contribution is -2.37. The van der Waals surface area contributed by atoms with Crippen molar-refractivity contribution in [1.29, 1.82) is 0 Å². The van der Waals surface area contributed by atoms with E-state index in [2.05, 4.69) is 15.2 Å². The molecule has 0 radical (unpaired) electrons. The molecule has 1 aliphatic heterocycles. The number of rotatable bonds is 11. The molecule has 12 nitrogen and oxygen atoms in total. The highest BCUT2D eigenvalue weighted by molar-refractivity contribution is 6.04. The Hall–Kier alpha value is -5.14. The minimum Gasteiger partial charge on any atom is -0.493 e. The number of nitrogens with zero attached hydrogens (tertiary/aromatic N) is 4. The van der Waals surface area contributed by atoms with Crippen molar-refractivity contribution in [2.45, 2.75) is 13.3 Å². The number of methoxy groups -OCH3 is 1. The van der Waals surface area contributed by atoms with E-state index in [1.807, 2.05) is 0 Å². The summed E-state index contributed by atoms with van der Waals surface area (Å²) < 4.78 is 46.1. The molecule has 6 rings (SSSR count). The van der Waals surface area contributed by atoms with Crippen LogP contribution in [0.15, 0.2) is 70.2 Å². The number of imidazole rings is 1. The van der Waals surface area contributed by atoms with Crippen LogP contribution in [0, 0.1) is 12.7 Å². The summed E-state index contributed by atoms with van der Waals surface area (Å²) >= 11 is 0. The molecule has 46 heavy (non-hydrogen) atoms. The molecule has 240 valence electrons. The third-order valence-corrected chi connectivity index (χ3v) is 7.81. The van der Waals surface area contributed by atoms with Crippen LogP contribution in [0.25, 0.3) is 16.8 Å². The topological polar surface area (TPSA) is 122 Å². The zero-order valence-corrected chi connectivity index (χ0v) is 25.7. The number of furan rings is 1. The predicted octanol–water partition coefficient (Wildman–Crippen LogP) is 4.92. The van der Waals surface area contributed by atoms with Gasteiger partial charge in [-0.25, -0.2) is 13.8 Å². The van der Waals surface area contributed by atoms with Crippen molar-refractivity contribution in [2.24, 2.45) is 7.05 Å². The van der Waals surface area contributed by atoms with Crippen LogP contribution in [0.4, 0.5) is 10.1 Å². The number of hydrogen-bond donors (Lipinski definition) is 1. The monoisotopic (exact) mass is 631 g/mol. The van der Waals surface area contributed by atoms with Gasteiger partial charge >= 0.3 is 5.69 Å². The molecule has 1 saturated heterocycles. The SMILES string of the molecule is COc1cc2c(Oc3ccc(NC(=O)c4c(C)n(-c5ccco5)c(=O)n4C)cc3F)ccnc2cc1OCCCN1CCOCC1. The molecule has 1 aliphatic rings. The Morgan fingerprint density at radius 2 is 1.89 bits per heavy atom. The Balaban J connectivity index is 1.16. The van der Waals surface area contributed by atoms with Crippen molar-refractivity contribution in [3.63, 3.8) is 0 Å². The lowest BCUT2D eigenvalue weighted by Gasteiger charge is -2.26. The molecule has 0 spiro atoms. The van der Waals surface area contributed by atoms with E-state index in [0.717, 1.165) is 45.3 Å². The average Bonchev–Trinajstić information content (AvgIpc) is 3.66. The summed E-state index contributed by atoms with van der Waals surface area (Å²) in [4.78, 5) is 32.7. The molecule has 3 aromatic heterocycles. The van der Waals surface area contributed by atoms with E-state index in [1.165, 1.54) is 34.6 Å².